The number of unbranched alkanes of at least 4 members (excludes halogenated alkanes) is 1. The quantitative estimate of drug-likeness (QED) is 0.112. The number of ether oxygens (including phenoxy) is 3. The molecule has 0 N–H and O–H groups in total. The van der Waals surface area contributed by atoms with Gasteiger partial charge in [-0.2, -0.15) is 0 Å². The molecule has 0 aliphatic heterocycles. The molecule has 3 heteroatoms. The van der Waals surface area contributed by atoms with Crippen molar-refractivity contribution in [3.8, 4) is 12.3 Å². The summed E-state index contributed by atoms with van der Waals surface area (Å²) in [5, 5.41) is 0. The smallest absolute Gasteiger partial charge is 0.0716 e. The summed E-state index contributed by atoms with van der Waals surface area (Å²) in [4.78, 5) is 0. The molecule has 0 aliphatic carbocycles. The molecule has 0 bridgehead atoms. The molecule has 0 saturated carbocycles. The van der Waals surface area contributed by atoms with Crippen molar-refractivity contribution >= 4 is 0 Å². The van der Waals surface area contributed by atoms with Crippen LogP contribution in [-0.2, 0) is 34.0 Å². The summed E-state index contributed by atoms with van der Waals surface area (Å²) in [7, 11) is 0. The Balaban J connectivity index is 1.52. The summed E-state index contributed by atoms with van der Waals surface area (Å²) in [5.41, 5.74) is 3.84. The highest BCUT2D eigenvalue weighted by atomic mass is 16.5. The van der Waals surface area contributed by atoms with Crippen molar-refractivity contribution in [2.45, 2.75) is 71.2 Å². The van der Waals surface area contributed by atoms with E-state index in [1.165, 1.54) is 16.7 Å². The van der Waals surface area contributed by atoms with Crippen LogP contribution in [0.2, 0.25) is 0 Å². The second-order valence-corrected chi connectivity index (χ2v) is 10.1. The van der Waals surface area contributed by atoms with Gasteiger partial charge in [-0.05, 0) is 67.1 Å². The lowest BCUT2D eigenvalue weighted by Gasteiger charge is -2.34. The van der Waals surface area contributed by atoms with E-state index in [0.717, 1.165) is 71.2 Å². The Labute approximate surface area is 230 Å². The van der Waals surface area contributed by atoms with Crippen LogP contribution in [0.15, 0.2) is 91.0 Å². The van der Waals surface area contributed by atoms with Crippen molar-refractivity contribution < 1.29 is 14.2 Å². The Bertz CT molecular complexity index is 962. The van der Waals surface area contributed by atoms with E-state index in [0.29, 0.717) is 19.8 Å². The molecular formula is C35H44O3. The predicted octanol–water partition coefficient (Wildman–Crippen LogP) is 8.38. The van der Waals surface area contributed by atoms with Crippen molar-refractivity contribution in [1.29, 1.82) is 0 Å². The fraction of sp³-hybridized carbons (Fsp3) is 0.429. The first-order chi connectivity index (χ1) is 18.8. The van der Waals surface area contributed by atoms with Crippen molar-refractivity contribution in [3.05, 3.63) is 108 Å². The lowest BCUT2D eigenvalue weighted by molar-refractivity contribution is 0.0478. The third-order valence-corrected chi connectivity index (χ3v) is 7.13. The monoisotopic (exact) mass is 512 g/mol. The Morgan fingerprint density at radius 1 is 0.500 bits per heavy atom. The van der Waals surface area contributed by atoms with E-state index < -0.39 is 0 Å². The molecule has 3 aromatic carbocycles. The molecule has 0 amide bonds. The van der Waals surface area contributed by atoms with E-state index in [1.54, 1.807) is 0 Å². The fourth-order valence-corrected chi connectivity index (χ4v) is 5.00. The maximum absolute atomic E-state index is 6.15. The van der Waals surface area contributed by atoms with Crippen LogP contribution in [0.25, 0.3) is 0 Å². The number of terminal acetylenes is 1. The first-order valence-corrected chi connectivity index (χ1v) is 14.1. The zero-order valence-electron chi connectivity index (χ0n) is 22.9. The minimum absolute atomic E-state index is 0.180. The van der Waals surface area contributed by atoms with Gasteiger partial charge >= 0.3 is 0 Å². The van der Waals surface area contributed by atoms with Crippen LogP contribution in [0.1, 0.15) is 68.1 Å². The third kappa shape index (κ3) is 12.1. The summed E-state index contributed by atoms with van der Waals surface area (Å²) >= 11 is 0. The highest BCUT2D eigenvalue weighted by Gasteiger charge is 2.28. The van der Waals surface area contributed by atoms with Crippen molar-refractivity contribution in [3.63, 3.8) is 0 Å². The molecule has 3 nitrogen and oxygen atoms in total. The van der Waals surface area contributed by atoms with Gasteiger partial charge in [0.1, 0.15) is 0 Å². The Kier molecular flexibility index (Phi) is 14.3. The molecule has 202 valence electrons. The maximum atomic E-state index is 6.15. The summed E-state index contributed by atoms with van der Waals surface area (Å²) in [6.07, 6.45) is 13.9. The molecule has 0 fully saturated rings. The Morgan fingerprint density at radius 2 is 0.895 bits per heavy atom. The Hall–Kier alpha value is -2.90. The van der Waals surface area contributed by atoms with Gasteiger partial charge < -0.3 is 14.2 Å². The summed E-state index contributed by atoms with van der Waals surface area (Å²) in [6.45, 7) is 4.27. The van der Waals surface area contributed by atoms with E-state index in [1.807, 2.05) is 18.2 Å². The van der Waals surface area contributed by atoms with Gasteiger partial charge in [-0.1, -0.05) is 91.0 Å². The molecule has 3 aromatic rings. The maximum Gasteiger partial charge on any atom is 0.0716 e. The SMILES string of the molecule is C#CCCCC(CCCOCc1ccccc1)(CCCOCc1ccccc1)CCOCc1ccccc1. The standard InChI is InChI=1S/C35H44O3/c1-2-3-13-22-35(25-28-38-31-34-20-11-6-12-21-34,23-14-26-36-29-32-16-7-4-8-17-32)24-15-27-37-30-33-18-9-5-10-19-33/h1,4-12,16-21H,3,13-15,22-31H2. The zero-order chi connectivity index (χ0) is 26.6. The van der Waals surface area contributed by atoms with Gasteiger partial charge in [0.2, 0.25) is 0 Å². The van der Waals surface area contributed by atoms with E-state index in [-0.39, 0.29) is 5.41 Å². The van der Waals surface area contributed by atoms with E-state index in [4.69, 9.17) is 20.6 Å². The van der Waals surface area contributed by atoms with Gasteiger partial charge in [0, 0.05) is 26.2 Å². The first-order valence-electron chi connectivity index (χ1n) is 14.1. The first kappa shape index (κ1) is 29.7. The van der Waals surface area contributed by atoms with Crippen LogP contribution in [0.5, 0.6) is 0 Å². The van der Waals surface area contributed by atoms with Crippen molar-refractivity contribution in [2.75, 3.05) is 19.8 Å². The summed E-state index contributed by atoms with van der Waals surface area (Å²) < 4.78 is 18.2. The lowest BCUT2D eigenvalue weighted by atomic mass is 9.72. The molecule has 0 saturated heterocycles. The number of benzene rings is 3. The van der Waals surface area contributed by atoms with Gasteiger partial charge in [-0.25, -0.2) is 0 Å². The fourth-order valence-electron chi connectivity index (χ4n) is 5.00. The number of rotatable bonds is 20. The van der Waals surface area contributed by atoms with Crippen molar-refractivity contribution in [2.24, 2.45) is 5.41 Å². The minimum Gasteiger partial charge on any atom is -0.377 e. The highest BCUT2D eigenvalue weighted by Crippen LogP contribution is 2.39. The third-order valence-electron chi connectivity index (χ3n) is 7.13. The van der Waals surface area contributed by atoms with Crippen LogP contribution >= 0.6 is 0 Å². The minimum atomic E-state index is 0.180. The van der Waals surface area contributed by atoms with Crippen LogP contribution in [0.4, 0.5) is 0 Å². The summed E-state index contributed by atoms with van der Waals surface area (Å²) in [6, 6.07) is 31.2. The molecule has 0 spiro atoms. The summed E-state index contributed by atoms with van der Waals surface area (Å²) in [5.74, 6) is 2.84. The largest absolute Gasteiger partial charge is 0.377 e. The van der Waals surface area contributed by atoms with Crippen LogP contribution < -0.4 is 0 Å². The Morgan fingerprint density at radius 3 is 1.32 bits per heavy atom. The van der Waals surface area contributed by atoms with E-state index >= 15 is 0 Å². The normalized spacial score (nSPS) is 11.3. The molecule has 0 aliphatic rings. The highest BCUT2D eigenvalue weighted by molar-refractivity contribution is 5.14. The molecule has 3 rings (SSSR count). The molecule has 38 heavy (non-hydrogen) atoms. The predicted molar refractivity (Wildman–Crippen MR) is 156 cm³/mol. The lowest BCUT2D eigenvalue weighted by Crippen LogP contribution is -2.25. The van der Waals surface area contributed by atoms with Gasteiger partial charge in [-0.15, -0.1) is 12.3 Å². The molecule has 0 radical (unpaired) electrons. The second kappa shape index (κ2) is 18.4. The second-order valence-electron chi connectivity index (χ2n) is 10.1. The van der Waals surface area contributed by atoms with E-state index in [9.17, 15) is 0 Å². The molecular weight excluding hydrogens is 468 g/mol. The van der Waals surface area contributed by atoms with Crippen LogP contribution in [0, 0.1) is 17.8 Å². The van der Waals surface area contributed by atoms with E-state index in [2.05, 4.69) is 78.7 Å². The van der Waals surface area contributed by atoms with Gasteiger partial charge in [-0.3, -0.25) is 0 Å². The molecule has 0 aromatic heterocycles. The number of hydrogen-bond donors (Lipinski definition) is 0. The van der Waals surface area contributed by atoms with Crippen LogP contribution in [0.3, 0.4) is 0 Å². The van der Waals surface area contributed by atoms with Crippen LogP contribution in [-0.4, -0.2) is 19.8 Å². The number of hydrogen-bond acceptors (Lipinski definition) is 3. The zero-order valence-corrected chi connectivity index (χ0v) is 22.9. The van der Waals surface area contributed by atoms with Gasteiger partial charge in [0.05, 0.1) is 19.8 Å². The molecule has 0 atom stereocenters. The molecule has 0 heterocycles. The topological polar surface area (TPSA) is 27.7 Å². The average molecular weight is 513 g/mol. The van der Waals surface area contributed by atoms with Gasteiger partial charge in [0.25, 0.3) is 0 Å². The average Bonchev–Trinajstić information content (AvgIpc) is 2.97. The van der Waals surface area contributed by atoms with Gasteiger partial charge in [0.15, 0.2) is 0 Å². The molecule has 0 unspecified atom stereocenters. The van der Waals surface area contributed by atoms with Crippen molar-refractivity contribution in [1.82, 2.24) is 0 Å².